The molecule has 2 aromatic carbocycles. The largest absolute Gasteiger partial charge is 0.465 e. The molecule has 3 aromatic rings. The average molecular weight is 533 g/mol. The molecule has 10 heteroatoms. The van der Waals surface area contributed by atoms with Crippen molar-refractivity contribution in [3.63, 3.8) is 0 Å². The van der Waals surface area contributed by atoms with E-state index in [9.17, 15) is 18.0 Å². The van der Waals surface area contributed by atoms with Crippen molar-refractivity contribution in [3.8, 4) is 0 Å². The first-order valence-electron chi connectivity index (χ1n) is 11.0. The number of nitrogens with one attached hydrogen (secondary N) is 1. The molecule has 0 saturated heterocycles. The number of sulfonamides is 1. The second kappa shape index (κ2) is 10.0. The fourth-order valence-electron chi connectivity index (χ4n) is 4.11. The molecule has 1 aromatic heterocycles. The Morgan fingerprint density at radius 3 is 2.51 bits per heavy atom. The molecule has 0 radical (unpaired) electrons. The fraction of sp³-hybridized carbons (Fsp3) is 0.280. The molecule has 35 heavy (non-hydrogen) atoms. The normalized spacial score (nSPS) is 12.8. The van der Waals surface area contributed by atoms with E-state index in [1.807, 2.05) is 6.92 Å². The standard InChI is InChI=1S/C25H25ClN2O5S2/c1-15-10-12-17(13-11-15)35(31,32)28(20-8-5-7-19(26)16(20)2)14-22(29)27-24-23(25(30)33-3)18-6-4-9-21(18)34-24/h5,7-8,10-13H,4,6,9,14H2,1-3H3,(H,27,29). The summed E-state index contributed by atoms with van der Waals surface area (Å²) >= 11 is 7.62. The molecular weight excluding hydrogens is 508 g/mol. The van der Waals surface area contributed by atoms with E-state index in [1.165, 1.54) is 30.6 Å². The SMILES string of the molecule is COC(=O)c1c(NC(=O)CN(c2cccc(Cl)c2C)S(=O)(=O)c2ccc(C)cc2)sc2c1CCC2. The number of anilines is 2. The molecule has 7 nitrogen and oxygen atoms in total. The van der Waals surface area contributed by atoms with Gasteiger partial charge in [0.15, 0.2) is 0 Å². The van der Waals surface area contributed by atoms with Crippen molar-refractivity contribution < 1.29 is 22.7 Å². The molecule has 0 bridgehead atoms. The van der Waals surface area contributed by atoms with Crippen LogP contribution in [0.15, 0.2) is 47.4 Å². The third kappa shape index (κ3) is 4.94. The van der Waals surface area contributed by atoms with Gasteiger partial charge in [0.2, 0.25) is 5.91 Å². The topological polar surface area (TPSA) is 92.8 Å². The molecule has 0 unspecified atom stereocenters. The summed E-state index contributed by atoms with van der Waals surface area (Å²) in [4.78, 5) is 26.8. The highest BCUT2D eigenvalue weighted by Crippen LogP contribution is 2.39. The van der Waals surface area contributed by atoms with Crippen molar-refractivity contribution in [2.75, 3.05) is 23.3 Å². The molecule has 1 amide bonds. The average Bonchev–Trinajstić information content (AvgIpc) is 3.40. The predicted molar refractivity (Wildman–Crippen MR) is 138 cm³/mol. The van der Waals surface area contributed by atoms with Crippen LogP contribution < -0.4 is 9.62 Å². The number of rotatable bonds is 7. The Morgan fingerprint density at radius 1 is 1.11 bits per heavy atom. The van der Waals surface area contributed by atoms with Crippen LogP contribution in [0.3, 0.4) is 0 Å². The number of aryl methyl sites for hydroxylation is 2. The fourth-order valence-corrected chi connectivity index (χ4v) is 7.05. The van der Waals surface area contributed by atoms with Crippen LogP contribution in [0.1, 0.15) is 38.3 Å². The Morgan fingerprint density at radius 2 is 1.83 bits per heavy atom. The molecule has 0 aliphatic heterocycles. The van der Waals surface area contributed by atoms with Crippen LogP contribution in [0.4, 0.5) is 10.7 Å². The van der Waals surface area contributed by atoms with Crippen LogP contribution in [0.5, 0.6) is 0 Å². The number of hydrogen-bond donors (Lipinski definition) is 1. The Kier molecular flexibility index (Phi) is 7.21. The van der Waals surface area contributed by atoms with Crippen LogP contribution in [0.2, 0.25) is 5.02 Å². The number of benzene rings is 2. The summed E-state index contributed by atoms with van der Waals surface area (Å²) in [7, 11) is -2.80. The molecule has 184 valence electrons. The van der Waals surface area contributed by atoms with Gasteiger partial charge in [-0.25, -0.2) is 13.2 Å². The Hall–Kier alpha value is -2.88. The molecule has 1 aliphatic carbocycles. The van der Waals surface area contributed by atoms with Gasteiger partial charge in [-0.3, -0.25) is 9.10 Å². The molecule has 0 saturated carbocycles. The van der Waals surface area contributed by atoms with Gasteiger partial charge in [-0.15, -0.1) is 11.3 Å². The lowest BCUT2D eigenvalue weighted by atomic mass is 10.1. The molecule has 1 heterocycles. The number of carbonyl (C=O) groups excluding carboxylic acids is 2. The van der Waals surface area contributed by atoms with E-state index in [2.05, 4.69) is 5.32 Å². The second-order valence-corrected chi connectivity index (χ2v) is 11.7. The van der Waals surface area contributed by atoms with Gasteiger partial charge in [-0.05, 0) is 68.5 Å². The zero-order valence-corrected chi connectivity index (χ0v) is 21.9. The summed E-state index contributed by atoms with van der Waals surface area (Å²) in [5, 5.41) is 3.52. The van der Waals surface area contributed by atoms with Gasteiger partial charge in [0.05, 0.1) is 23.3 Å². The van der Waals surface area contributed by atoms with Gasteiger partial charge in [0.25, 0.3) is 10.0 Å². The number of carbonyl (C=O) groups is 2. The van der Waals surface area contributed by atoms with E-state index in [1.54, 1.807) is 37.3 Å². The molecular formula is C25H25ClN2O5S2. The van der Waals surface area contributed by atoms with E-state index in [0.29, 0.717) is 26.8 Å². The smallest absolute Gasteiger partial charge is 0.341 e. The quantitative estimate of drug-likeness (QED) is 0.426. The van der Waals surface area contributed by atoms with Crippen LogP contribution in [-0.2, 0) is 32.4 Å². The highest BCUT2D eigenvalue weighted by Gasteiger charge is 2.31. The highest BCUT2D eigenvalue weighted by atomic mass is 35.5. The number of hydrogen-bond acceptors (Lipinski definition) is 6. The summed E-state index contributed by atoms with van der Waals surface area (Å²) in [6.07, 6.45) is 2.51. The van der Waals surface area contributed by atoms with Crippen molar-refractivity contribution in [2.24, 2.45) is 0 Å². The minimum Gasteiger partial charge on any atom is -0.465 e. The minimum absolute atomic E-state index is 0.0561. The first-order chi connectivity index (χ1) is 16.6. The zero-order chi connectivity index (χ0) is 25.3. The Labute approximate surface area is 213 Å². The van der Waals surface area contributed by atoms with Gasteiger partial charge < -0.3 is 10.1 Å². The van der Waals surface area contributed by atoms with Crippen molar-refractivity contribution >= 4 is 55.5 Å². The summed E-state index contributed by atoms with van der Waals surface area (Å²) < 4.78 is 33.3. The monoisotopic (exact) mass is 532 g/mol. The number of ether oxygens (including phenoxy) is 1. The van der Waals surface area contributed by atoms with Crippen LogP contribution >= 0.6 is 22.9 Å². The van der Waals surface area contributed by atoms with Crippen molar-refractivity contribution in [1.82, 2.24) is 0 Å². The first kappa shape index (κ1) is 25.2. The van der Waals surface area contributed by atoms with Crippen molar-refractivity contribution in [2.45, 2.75) is 38.0 Å². The molecule has 1 N–H and O–H groups in total. The first-order valence-corrected chi connectivity index (χ1v) is 13.6. The molecule has 1 aliphatic rings. The molecule has 4 rings (SSSR count). The Bertz CT molecular complexity index is 1400. The third-order valence-corrected chi connectivity index (χ3v) is 9.36. The minimum atomic E-state index is -4.10. The predicted octanol–water partition coefficient (Wildman–Crippen LogP) is 5.13. The van der Waals surface area contributed by atoms with Gasteiger partial charge in [-0.1, -0.05) is 35.4 Å². The number of thiophene rings is 1. The number of fused-ring (bicyclic) bond motifs is 1. The Balaban J connectivity index is 1.71. The maximum atomic E-state index is 13.7. The maximum absolute atomic E-state index is 13.7. The van der Waals surface area contributed by atoms with Crippen LogP contribution in [0, 0.1) is 13.8 Å². The van der Waals surface area contributed by atoms with E-state index in [4.69, 9.17) is 16.3 Å². The van der Waals surface area contributed by atoms with E-state index < -0.39 is 28.4 Å². The van der Waals surface area contributed by atoms with Gasteiger partial charge in [0, 0.05) is 9.90 Å². The van der Waals surface area contributed by atoms with Crippen molar-refractivity contribution in [1.29, 1.82) is 0 Å². The summed E-state index contributed by atoms with van der Waals surface area (Å²) in [6, 6.07) is 11.3. The lowest BCUT2D eigenvalue weighted by Gasteiger charge is -2.26. The summed E-state index contributed by atoms with van der Waals surface area (Å²) in [5.41, 5.74) is 2.99. The van der Waals surface area contributed by atoms with Gasteiger partial charge in [-0.2, -0.15) is 0 Å². The third-order valence-electron chi connectivity index (χ3n) is 5.97. The zero-order valence-electron chi connectivity index (χ0n) is 19.6. The molecule has 0 spiro atoms. The second-order valence-electron chi connectivity index (χ2n) is 8.31. The number of nitrogens with zero attached hydrogens (tertiary/aromatic N) is 1. The van der Waals surface area contributed by atoms with Crippen LogP contribution in [0.25, 0.3) is 0 Å². The van der Waals surface area contributed by atoms with Gasteiger partial charge in [0.1, 0.15) is 11.5 Å². The van der Waals surface area contributed by atoms with E-state index in [-0.39, 0.29) is 4.90 Å². The summed E-state index contributed by atoms with van der Waals surface area (Å²) in [5.74, 6) is -1.10. The van der Waals surface area contributed by atoms with Gasteiger partial charge >= 0.3 is 5.97 Å². The number of methoxy groups -OCH3 is 1. The lowest BCUT2D eigenvalue weighted by Crippen LogP contribution is -2.38. The number of halogens is 1. The van der Waals surface area contributed by atoms with E-state index in [0.717, 1.165) is 39.6 Å². The van der Waals surface area contributed by atoms with Crippen LogP contribution in [-0.4, -0.2) is 33.9 Å². The maximum Gasteiger partial charge on any atom is 0.341 e. The molecule has 0 atom stereocenters. The summed E-state index contributed by atoms with van der Waals surface area (Å²) in [6.45, 7) is 3.06. The number of amides is 1. The van der Waals surface area contributed by atoms with E-state index >= 15 is 0 Å². The highest BCUT2D eigenvalue weighted by molar-refractivity contribution is 7.92. The number of esters is 1. The molecule has 0 fully saturated rings. The lowest BCUT2D eigenvalue weighted by molar-refractivity contribution is -0.114. The van der Waals surface area contributed by atoms with Crippen molar-refractivity contribution in [3.05, 3.63) is 74.6 Å².